The molecular weight excluding hydrogens is 284 g/mol. The van der Waals surface area contributed by atoms with Crippen LogP contribution < -0.4 is 4.90 Å². The molecule has 0 unspecified atom stereocenters. The van der Waals surface area contributed by atoms with Crippen molar-refractivity contribution < 1.29 is 4.74 Å². The molecular formula is C15H18N4OS. The molecule has 6 heteroatoms. The molecule has 21 heavy (non-hydrogen) atoms. The van der Waals surface area contributed by atoms with Crippen LogP contribution in [-0.4, -0.2) is 40.5 Å². The Labute approximate surface area is 128 Å². The Balaban J connectivity index is 1.55. The van der Waals surface area contributed by atoms with E-state index in [9.17, 15) is 0 Å². The van der Waals surface area contributed by atoms with Gasteiger partial charge in [0.05, 0.1) is 12.2 Å². The number of morpholine rings is 1. The molecule has 5 nitrogen and oxygen atoms in total. The van der Waals surface area contributed by atoms with Crippen LogP contribution in [0.15, 0.2) is 24.4 Å². The van der Waals surface area contributed by atoms with Gasteiger partial charge in [0.25, 0.3) is 0 Å². The number of rotatable bonds is 2. The second-order valence-corrected chi connectivity index (χ2v) is 6.72. The highest BCUT2D eigenvalue weighted by molar-refractivity contribution is 7.18. The molecule has 2 aromatic rings. The molecule has 0 atom stereocenters. The van der Waals surface area contributed by atoms with Crippen molar-refractivity contribution >= 4 is 16.5 Å². The highest BCUT2D eigenvalue weighted by atomic mass is 32.1. The Morgan fingerprint density at radius 2 is 2.10 bits per heavy atom. The average Bonchev–Trinajstić information content (AvgIpc) is 3.18. The van der Waals surface area contributed by atoms with E-state index in [1.807, 2.05) is 18.2 Å². The summed E-state index contributed by atoms with van der Waals surface area (Å²) in [5, 5.41) is 10.5. The fourth-order valence-corrected chi connectivity index (χ4v) is 4.11. The minimum Gasteiger partial charge on any atom is -0.371 e. The summed E-state index contributed by atoms with van der Waals surface area (Å²) in [5.41, 5.74) is 0.958. The van der Waals surface area contributed by atoms with Crippen molar-refractivity contribution in [2.45, 2.75) is 31.3 Å². The fraction of sp³-hybridized carbons (Fsp3) is 0.533. The first-order valence-corrected chi connectivity index (χ1v) is 8.30. The third kappa shape index (κ3) is 2.53. The summed E-state index contributed by atoms with van der Waals surface area (Å²) in [6, 6.07) is 5.87. The van der Waals surface area contributed by atoms with Gasteiger partial charge in [-0.25, -0.2) is 0 Å². The molecule has 0 bridgehead atoms. The second kappa shape index (κ2) is 5.35. The maximum absolute atomic E-state index is 6.07. The zero-order chi connectivity index (χ0) is 14.1. The van der Waals surface area contributed by atoms with Crippen molar-refractivity contribution in [2.24, 2.45) is 0 Å². The number of hydrogen-bond acceptors (Lipinski definition) is 6. The lowest BCUT2D eigenvalue weighted by Crippen LogP contribution is -2.50. The van der Waals surface area contributed by atoms with Gasteiger partial charge in [0.15, 0.2) is 5.01 Å². The van der Waals surface area contributed by atoms with Crippen molar-refractivity contribution in [2.75, 3.05) is 24.6 Å². The van der Waals surface area contributed by atoms with Crippen LogP contribution in [0.5, 0.6) is 0 Å². The number of ether oxygens (including phenoxy) is 1. The minimum atomic E-state index is 0.0646. The van der Waals surface area contributed by atoms with E-state index in [2.05, 4.69) is 20.1 Å². The Kier molecular flexibility index (Phi) is 3.35. The first kappa shape index (κ1) is 13.2. The molecule has 1 saturated heterocycles. The minimum absolute atomic E-state index is 0.0646. The highest BCUT2D eigenvalue weighted by Gasteiger charge is 2.40. The molecule has 2 fully saturated rings. The monoisotopic (exact) mass is 302 g/mol. The molecule has 1 aliphatic heterocycles. The lowest BCUT2D eigenvalue weighted by atomic mass is 10.0. The molecule has 1 saturated carbocycles. The normalized spacial score (nSPS) is 21.0. The lowest BCUT2D eigenvalue weighted by Gasteiger charge is -2.40. The van der Waals surface area contributed by atoms with Crippen LogP contribution in [0.25, 0.3) is 10.7 Å². The van der Waals surface area contributed by atoms with Gasteiger partial charge in [0, 0.05) is 19.3 Å². The van der Waals surface area contributed by atoms with Gasteiger partial charge < -0.3 is 9.64 Å². The van der Waals surface area contributed by atoms with Gasteiger partial charge in [-0.2, -0.15) is 0 Å². The molecule has 4 rings (SSSR count). The predicted molar refractivity (Wildman–Crippen MR) is 82.5 cm³/mol. The standard InChI is InChI=1S/C15H18N4OS/c1-4-8-16-12(5-1)13-17-18-14(21-13)19-9-10-20-15(11-19)6-2-3-7-15/h1,4-5,8H,2-3,6-7,9-11H2. The Bertz CT molecular complexity index is 609. The second-order valence-electron chi connectivity index (χ2n) is 5.76. The van der Waals surface area contributed by atoms with E-state index in [1.165, 1.54) is 25.7 Å². The summed E-state index contributed by atoms with van der Waals surface area (Å²) in [5.74, 6) is 0. The first-order chi connectivity index (χ1) is 10.3. The van der Waals surface area contributed by atoms with E-state index in [4.69, 9.17) is 4.74 Å². The van der Waals surface area contributed by atoms with E-state index in [1.54, 1.807) is 17.5 Å². The van der Waals surface area contributed by atoms with Crippen LogP contribution >= 0.6 is 11.3 Å². The Morgan fingerprint density at radius 1 is 1.19 bits per heavy atom. The third-order valence-electron chi connectivity index (χ3n) is 4.33. The molecule has 0 radical (unpaired) electrons. The Morgan fingerprint density at radius 3 is 2.90 bits per heavy atom. The largest absolute Gasteiger partial charge is 0.371 e. The number of anilines is 1. The number of pyridine rings is 1. The number of nitrogens with zero attached hydrogens (tertiary/aromatic N) is 4. The molecule has 1 aliphatic carbocycles. The van der Waals surface area contributed by atoms with E-state index in [0.717, 1.165) is 35.5 Å². The molecule has 3 heterocycles. The van der Waals surface area contributed by atoms with E-state index in [0.29, 0.717) is 0 Å². The van der Waals surface area contributed by atoms with Crippen LogP contribution in [-0.2, 0) is 4.74 Å². The fourth-order valence-electron chi connectivity index (χ4n) is 3.27. The van der Waals surface area contributed by atoms with E-state index >= 15 is 0 Å². The van der Waals surface area contributed by atoms with Crippen LogP contribution in [0, 0.1) is 0 Å². The van der Waals surface area contributed by atoms with E-state index in [-0.39, 0.29) is 5.60 Å². The highest BCUT2D eigenvalue weighted by Crippen LogP contribution is 2.38. The zero-order valence-electron chi connectivity index (χ0n) is 11.9. The lowest BCUT2D eigenvalue weighted by molar-refractivity contribution is -0.0501. The molecule has 0 N–H and O–H groups in total. The third-order valence-corrected chi connectivity index (χ3v) is 5.34. The molecule has 2 aromatic heterocycles. The smallest absolute Gasteiger partial charge is 0.208 e. The van der Waals surface area contributed by atoms with Crippen molar-refractivity contribution in [1.29, 1.82) is 0 Å². The van der Waals surface area contributed by atoms with Gasteiger partial charge in [0.1, 0.15) is 5.69 Å². The van der Waals surface area contributed by atoms with Gasteiger partial charge in [-0.3, -0.25) is 4.98 Å². The number of aromatic nitrogens is 3. The molecule has 0 amide bonds. The quantitative estimate of drug-likeness (QED) is 0.854. The van der Waals surface area contributed by atoms with Gasteiger partial charge in [-0.05, 0) is 25.0 Å². The van der Waals surface area contributed by atoms with Crippen molar-refractivity contribution in [3.8, 4) is 10.7 Å². The van der Waals surface area contributed by atoms with Crippen LogP contribution in [0.1, 0.15) is 25.7 Å². The molecule has 0 aromatic carbocycles. The van der Waals surface area contributed by atoms with Gasteiger partial charge >= 0.3 is 0 Å². The van der Waals surface area contributed by atoms with E-state index < -0.39 is 0 Å². The van der Waals surface area contributed by atoms with Crippen LogP contribution in [0.3, 0.4) is 0 Å². The molecule has 2 aliphatic rings. The predicted octanol–water partition coefficient (Wildman–Crippen LogP) is 2.75. The van der Waals surface area contributed by atoms with Crippen molar-refractivity contribution in [3.05, 3.63) is 24.4 Å². The molecule has 110 valence electrons. The first-order valence-electron chi connectivity index (χ1n) is 7.49. The van der Waals surface area contributed by atoms with Crippen LogP contribution in [0.2, 0.25) is 0 Å². The summed E-state index contributed by atoms with van der Waals surface area (Å²) < 4.78 is 6.07. The average molecular weight is 302 g/mol. The summed E-state index contributed by atoms with van der Waals surface area (Å²) in [4.78, 5) is 6.68. The summed E-state index contributed by atoms with van der Waals surface area (Å²) in [7, 11) is 0. The topological polar surface area (TPSA) is 51.1 Å². The Hall–Kier alpha value is -1.53. The zero-order valence-corrected chi connectivity index (χ0v) is 12.7. The SMILES string of the molecule is c1ccc(-c2nnc(N3CCOC4(CCCC4)C3)s2)nc1. The summed E-state index contributed by atoms with van der Waals surface area (Å²) >= 11 is 1.62. The maximum atomic E-state index is 6.07. The molecule has 1 spiro atoms. The van der Waals surface area contributed by atoms with Crippen molar-refractivity contribution in [1.82, 2.24) is 15.2 Å². The number of hydrogen-bond donors (Lipinski definition) is 0. The maximum Gasteiger partial charge on any atom is 0.208 e. The van der Waals surface area contributed by atoms with Crippen LogP contribution in [0.4, 0.5) is 5.13 Å². The van der Waals surface area contributed by atoms with Gasteiger partial charge in [-0.1, -0.05) is 30.2 Å². The van der Waals surface area contributed by atoms with Gasteiger partial charge in [-0.15, -0.1) is 10.2 Å². The summed E-state index contributed by atoms with van der Waals surface area (Å²) in [6.45, 7) is 2.64. The summed E-state index contributed by atoms with van der Waals surface area (Å²) in [6.07, 6.45) is 6.70. The van der Waals surface area contributed by atoms with Gasteiger partial charge in [0.2, 0.25) is 5.13 Å². The van der Waals surface area contributed by atoms with Crippen molar-refractivity contribution in [3.63, 3.8) is 0 Å².